The van der Waals surface area contributed by atoms with E-state index in [0.29, 0.717) is 0 Å². The Bertz CT molecular complexity index is 237. The smallest absolute Gasteiger partial charge is 0.415 e. The van der Waals surface area contributed by atoms with Gasteiger partial charge in [-0.1, -0.05) is 0 Å². The Morgan fingerprint density at radius 3 is 2.69 bits per heavy atom. The number of ether oxygens (including phenoxy) is 2. The van der Waals surface area contributed by atoms with Crippen molar-refractivity contribution in [3.05, 3.63) is 0 Å². The van der Waals surface area contributed by atoms with Crippen molar-refractivity contribution >= 4 is 5.97 Å². The molecule has 0 amide bonds. The zero-order chi connectivity index (χ0) is 12.2. The van der Waals surface area contributed by atoms with E-state index in [1.54, 1.807) is 6.92 Å². The standard InChI is InChI=1S/C9H14F3NO3/c1-2-15-8(14)3-6-5-16-7(4-13-6)9(10,11)12/h6-7,13H,2-5H2,1H3/t6-,7-/m1/s1. The van der Waals surface area contributed by atoms with Crippen molar-refractivity contribution in [2.24, 2.45) is 0 Å². The molecule has 1 rings (SSSR count). The second-order valence-electron chi connectivity index (χ2n) is 3.48. The molecule has 0 spiro atoms. The summed E-state index contributed by atoms with van der Waals surface area (Å²) in [7, 11) is 0. The fourth-order valence-electron chi connectivity index (χ4n) is 1.39. The number of carbonyl (C=O) groups excluding carboxylic acids is 1. The van der Waals surface area contributed by atoms with Gasteiger partial charge >= 0.3 is 12.1 Å². The maximum atomic E-state index is 12.2. The van der Waals surface area contributed by atoms with E-state index in [1.165, 1.54) is 0 Å². The number of rotatable bonds is 3. The van der Waals surface area contributed by atoms with E-state index in [9.17, 15) is 18.0 Å². The van der Waals surface area contributed by atoms with Crippen LogP contribution in [0.15, 0.2) is 0 Å². The first-order chi connectivity index (χ1) is 7.43. The van der Waals surface area contributed by atoms with E-state index in [2.05, 4.69) is 14.8 Å². The average molecular weight is 241 g/mol. The van der Waals surface area contributed by atoms with Crippen molar-refractivity contribution in [3.63, 3.8) is 0 Å². The summed E-state index contributed by atoms with van der Waals surface area (Å²) in [6.45, 7) is 1.47. The number of hydrogen-bond acceptors (Lipinski definition) is 4. The molecule has 2 atom stereocenters. The van der Waals surface area contributed by atoms with Crippen LogP contribution in [0.25, 0.3) is 0 Å². The molecule has 0 bridgehead atoms. The summed E-state index contributed by atoms with van der Waals surface area (Å²) >= 11 is 0. The van der Waals surface area contributed by atoms with Gasteiger partial charge in [0.25, 0.3) is 0 Å². The highest BCUT2D eigenvalue weighted by Crippen LogP contribution is 2.24. The number of carbonyl (C=O) groups is 1. The van der Waals surface area contributed by atoms with Crippen LogP contribution < -0.4 is 5.32 Å². The van der Waals surface area contributed by atoms with Crippen LogP contribution in [-0.4, -0.2) is 44.0 Å². The molecule has 7 heteroatoms. The first kappa shape index (κ1) is 13.2. The van der Waals surface area contributed by atoms with Crippen LogP contribution in [0.4, 0.5) is 13.2 Å². The highest BCUT2D eigenvalue weighted by Gasteiger charge is 2.43. The molecule has 0 saturated carbocycles. The van der Waals surface area contributed by atoms with Crippen molar-refractivity contribution in [1.82, 2.24) is 5.32 Å². The maximum Gasteiger partial charge on any atom is 0.415 e. The first-order valence-electron chi connectivity index (χ1n) is 5.00. The lowest BCUT2D eigenvalue weighted by atomic mass is 10.1. The largest absolute Gasteiger partial charge is 0.466 e. The molecule has 0 aliphatic carbocycles. The van der Waals surface area contributed by atoms with Crippen molar-refractivity contribution in [1.29, 1.82) is 0 Å². The Labute approximate surface area is 91.1 Å². The summed E-state index contributed by atoms with van der Waals surface area (Å²) in [6.07, 6.45) is -6.12. The molecule has 0 aromatic heterocycles. The fraction of sp³-hybridized carbons (Fsp3) is 0.889. The lowest BCUT2D eigenvalue weighted by Crippen LogP contribution is -2.52. The second kappa shape index (κ2) is 5.49. The quantitative estimate of drug-likeness (QED) is 0.744. The number of hydrogen-bond donors (Lipinski definition) is 1. The van der Waals surface area contributed by atoms with Gasteiger partial charge < -0.3 is 14.8 Å². The van der Waals surface area contributed by atoms with Gasteiger partial charge in [-0.15, -0.1) is 0 Å². The normalized spacial score (nSPS) is 26.5. The summed E-state index contributed by atoms with van der Waals surface area (Å²) in [6, 6.07) is -0.405. The van der Waals surface area contributed by atoms with Crippen LogP contribution in [0, 0.1) is 0 Å². The molecular formula is C9H14F3NO3. The summed E-state index contributed by atoms with van der Waals surface area (Å²) in [5.74, 6) is -0.436. The molecule has 0 unspecified atom stereocenters. The molecule has 0 radical (unpaired) electrons. The Hall–Kier alpha value is -0.820. The van der Waals surface area contributed by atoms with E-state index in [1.807, 2.05) is 0 Å². The average Bonchev–Trinajstić information content (AvgIpc) is 2.17. The Morgan fingerprint density at radius 1 is 1.56 bits per heavy atom. The van der Waals surface area contributed by atoms with E-state index < -0.39 is 24.3 Å². The highest BCUT2D eigenvalue weighted by molar-refractivity contribution is 5.70. The molecule has 16 heavy (non-hydrogen) atoms. The van der Waals surface area contributed by atoms with Gasteiger partial charge in [0.2, 0.25) is 0 Å². The molecular weight excluding hydrogens is 227 g/mol. The van der Waals surface area contributed by atoms with Gasteiger partial charge in [-0.05, 0) is 6.92 Å². The second-order valence-corrected chi connectivity index (χ2v) is 3.48. The summed E-state index contributed by atoms with van der Waals surface area (Å²) < 4.78 is 45.9. The third-order valence-corrected chi connectivity index (χ3v) is 2.17. The molecule has 1 heterocycles. The minimum Gasteiger partial charge on any atom is -0.466 e. The lowest BCUT2D eigenvalue weighted by Gasteiger charge is -2.30. The monoisotopic (exact) mass is 241 g/mol. The van der Waals surface area contributed by atoms with Gasteiger partial charge in [0, 0.05) is 12.6 Å². The Kier molecular flexibility index (Phi) is 4.55. The molecule has 1 N–H and O–H groups in total. The van der Waals surface area contributed by atoms with Gasteiger partial charge in [0.15, 0.2) is 6.10 Å². The van der Waals surface area contributed by atoms with Crippen molar-refractivity contribution in [2.45, 2.75) is 31.7 Å². The van der Waals surface area contributed by atoms with Crippen LogP contribution in [0.3, 0.4) is 0 Å². The van der Waals surface area contributed by atoms with E-state index in [0.717, 1.165) is 0 Å². The van der Waals surface area contributed by atoms with Crippen LogP contribution in [0.5, 0.6) is 0 Å². The van der Waals surface area contributed by atoms with Crippen molar-refractivity contribution in [3.8, 4) is 0 Å². The van der Waals surface area contributed by atoms with Crippen LogP contribution in [0.2, 0.25) is 0 Å². The van der Waals surface area contributed by atoms with E-state index >= 15 is 0 Å². The van der Waals surface area contributed by atoms with Crippen LogP contribution >= 0.6 is 0 Å². The molecule has 4 nitrogen and oxygen atoms in total. The highest BCUT2D eigenvalue weighted by atomic mass is 19.4. The van der Waals surface area contributed by atoms with Gasteiger partial charge in [0.05, 0.1) is 19.6 Å². The molecule has 94 valence electrons. The van der Waals surface area contributed by atoms with Crippen LogP contribution in [0.1, 0.15) is 13.3 Å². The predicted octanol–water partition coefficient (Wildman–Crippen LogP) is 0.859. The maximum absolute atomic E-state index is 12.2. The zero-order valence-electron chi connectivity index (χ0n) is 8.84. The molecule has 1 saturated heterocycles. The Morgan fingerprint density at radius 2 is 2.25 bits per heavy atom. The van der Waals surface area contributed by atoms with Gasteiger partial charge in [-0.25, -0.2) is 0 Å². The molecule has 0 aromatic rings. The minimum atomic E-state index is -4.36. The molecule has 1 aliphatic heterocycles. The fourth-order valence-corrected chi connectivity index (χ4v) is 1.39. The van der Waals surface area contributed by atoms with Crippen LogP contribution in [-0.2, 0) is 14.3 Å². The minimum absolute atomic E-state index is 0.0262. The van der Waals surface area contributed by atoms with Gasteiger partial charge in [-0.3, -0.25) is 4.79 Å². The Balaban J connectivity index is 2.30. The molecule has 1 aliphatic rings. The number of halogens is 3. The molecule has 0 aromatic carbocycles. The van der Waals surface area contributed by atoms with Crippen molar-refractivity contribution < 1.29 is 27.4 Å². The first-order valence-corrected chi connectivity index (χ1v) is 5.00. The van der Waals surface area contributed by atoms with Crippen molar-refractivity contribution in [2.75, 3.05) is 19.8 Å². The predicted molar refractivity (Wildman–Crippen MR) is 48.8 cm³/mol. The number of alkyl halides is 3. The number of morpholine rings is 1. The number of esters is 1. The lowest BCUT2D eigenvalue weighted by molar-refractivity contribution is -0.229. The van der Waals surface area contributed by atoms with Gasteiger partial charge in [0.1, 0.15) is 0 Å². The topological polar surface area (TPSA) is 47.6 Å². The third-order valence-electron chi connectivity index (χ3n) is 2.17. The number of nitrogens with one attached hydrogen (secondary N) is 1. The SMILES string of the molecule is CCOC(=O)C[C@@H]1CO[C@@H](C(F)(F)F)CN1. The van der Waals surface area contributed by atoms with E-state index in [-0.39, 0.29) is 26.2 Å². The third kappa shape index (κ3) is 3.97. The summed E-state index contributed by atoms with van der Waals surface area (Å²) in [5.41, 5.74) is 0. The van der Waals surface area contributed by atoms with E-state index in [4.69, 9.17) is 0 Å². The molecule has 1 fully saturated rings. The zero-order valence-corrected chi connectivity index (χ0v) is 8.84. The van der Waals surface area contributed by atoms with Gasteiger partial charge in [-0.2, -0.15) is 13.2 Å². The summed E-state index contributed by atoms with van der Waals surface area (Å²) in [4.78, 5) is 11.0. The summed E-state index contributed by atoms with van der Waals surface area (Å²) in [5, 5.41) is 2.62.